The minimum absolute atomic E-state index is 0.0301. The first-order valence-corrected chi connectivity index (χ1v) is 7.35. The van der Waals surface area contributed by atoms with Crippen molar-refractivity contribution in [2.24, 2.45) is 0 Å². The average molecular weight is 308 g/mol. The lowest BCUT2D eigenvalue weighted by Gasteiger charge is -2.25. The molecule has 1 aliphatic rings. The summed E-state index contributed by atoms with van der Waals surface area (Å²) >= 11 is 0. The zero-order chi connectivity index (χ0) is 16.1. The van der Waals surface area contributed by atoms with Gasteiger partial charge < -0.3 is 9.84 Å². The smallest absolute Gasteiger partial charge is 0.320 e. The second-order valence-corrected chi connectivity index (χ2v) is 5.44. The van der Waals surface area contributed by atoms with Crippen LogP contribution in [0.15, 0.2) is 24.3 Å². The van der Waals surface area contributed by atoms with Gasteiger partial charge in [0.2, 0.25) is 0 Å². The van der Waals surface area contributed by atoms with Gasteiger partial charge in [0.15, 0.2) is 0 Å². The molecule has 0 bridgehead atoms. The summed E-state index contributed by atoms with van der Waals surface area (Å²) in [6.07, 6.45) is 2.83. The Hall–Kier alpha value is -2.15. The van der Waals surface area contributed by atoms with Gasteiger partial charge in [-0.25, -0.2) is 0 Å². The van der Waals surface area contributed by atoms with Gasteiger partial charge in [-0.2, -0.15) is 0 Å². The van der Waals surface area contributed by atoms with Crippen molar-refractivity contribution in [1.29, 1.82) is 0 Å². The first-order chi connectivity index (χ1) is 10.5. The predicted molar refractivity (Wildman–Crippen MR) is 80.0 cm³/mol. The summed E-state index contributed by atoms with van der Waals surface area (Å²) in [6, 6.07) is 5.83. The third kappa shape index (κ3) is 4.42. The Morgan fingerprint density at radius 3 is 2.59 bits per heavy atom. The molecular weight excluding hydrogens is 288 g/mol. The highest BCUT2D eigenvalue weighted by Gasteiger charge is 2.34. The third-order valence-electron chi connectivity index (χ3n) is 3.75. The molecule has 1 unspecified atom stereocenters. The van der Waals surface area contributed by atoms with Crippen molar-refractivity contribution in [3.8, 4) is 5.75 Å². The van der Waals surface area contributed by atoms with Gasteiger partial charge in [0.1, 0.15) is 11.8 Å². The largest absolute Gasteiger partial charge is 0.494 e. The number of nitro benzene ring substituents is 1. The molecule has 1 aromatic rings. The van der Waals surface area contributed by atoms with Crippen LogP contribution in [0.5, 0.6) is 5.75 Å². The van der Waals surface area contributed by atoms with Crippen LogP contribution in [0.1, 0.15) is 26.2 Å². The topological polar surface area (TPSA) is 92.9 Å². The molecule has 1 atom stereocenters. The van der Waals surface area contributed by atoms with Crippen LogP contribution >= 0.6 is 0 Å². The van der Waals surface area contributed by atoms with Gasteiger partial charge in [-0.3, -0.25) is 19.8 Å². The summed E-state index contributed by atoms with van der Waals surface area (Å²) in [4.78, 5) is 23.2. The molecule has 0 amide bonds. The van der Waals surface area contributed by atoms with Gasteiger partial charge >= 0.3 is 5.97 Å². The SMILES string of the molecule is CC(C(=O)O)N(CCCOc1ccc([N+](=O)[O-])cc1)C1CC1. The van der Waals surface area contributed by atoms with Crippen molar-refractivity contribution in [2.45, 2.75) is 38.3 Å². The Morgan fingerprint density at radius 1 is 1.45 bits per heavy atom. The molecule has 0 aromatic heterocycles. The van der Waals surface area contributed by atoms with E-state index in [-0.39, 0.29) is 5.69 Å². The fraction of sp³-hybridized carbons (Fsp3) is 0.533. The number of ether oxygens (including phenoxy) is 1. The second kappa shape index (κ2) is 7.22. The van der Waals surface area contributed by atoms with Crippen molar-refractivity contribution in [3.63, 3.8) is 0 Å². The van der Waals surface area contributed by atoms with E-state index in [1.54, 1.807) is 19.1 Å². The van der Waals surface area contributed by atoms with Crippen molar-refractivity contribution in [3.05, 3.63) is 34.4 Å². The number of carboxylic acid groups (broad SMARTS) is 1. The third-order valence-corrected chi connectivity index (χ3v) is 3.75. The zero-order valence-electron chi connectivity index (χ0n) is 12.5. The Labute approximate surface area is 128 Å². The summed E-state index contributed by atoms with van der Waals surface area (Å²) in [6.45, 7) is 2.83. The van der Waals surface area contributed by atoms with E-state index in [0.717, 1.165) is 12.8 Å². The number of hydrogen-bond acceptors (Lipinski definition) is 5. The molecular formula is C15H20N2O5. The number of aliphatic carboxylic acids is 1. The molecule has 1 saturated carbocycles. The van der Waals surface area contributed by atoms with Crippen LogP contribution in [0.3, 0.4) is 0 Å². The second-order valence-electron chi connectivity index (χ2n) is 5.44. The normalized spacial score (nSPS) is 15.5. The summed E-state index contributed by atoms with van der Waals surface area (Å²) < 4.78 is 5.53. The van der Waals surface area contributed by atoms with Crippen LogP contribution in [0.4, 0.5) is 5.69 Å². The van der Waals surface area contributed by atoms with Crippen LogP contribution in [-0.4, -0.2) is 46.1 Å². The minimum atomic E-state index is -0.803. The standard InChI is InChI=1S/C15H20N2O5/c1-11(15(18)19)16(12-3-4-12)9-2-10-22-14-7-5-13(6-8-14)17(20)21/h5-8,11-12H,2-4,9-10H2,1H3,(H,18,19). The molecule has 7 heteroatoms. The molecule has 1 aliphatic carbocycles. The first kappa shape index (κ1) is 16.2. The summed E-state index contributed by atoms with van der Waals surface area (Å²) in [5, 5.41) is 19.7. The number of benzene rings is 1. The number of non-ortho nitro benzene ring substituents is 1. The average Bonchev–Trinajstić information content (AvgIpc) is 3.31. The van der Waals surface area contributed by atoms with Crippen molar-refractivity contribution >= 4 is 11.7 Å². The quantitative estimate of drug-likeness (QED) is 0.427. The van der Waals surface area contributed by atoms with Crippen molar-refractivity contribution in [2.75, 3.05) is 13.2 Å². The summed E-state index contributed by atoms with van der Waals surface area (Å²) in [7, 11) is 0. The predicted octanol–water partition coefficient (Wildman–Crippen LogP) is 2.30. The van der Waals surface area contributed by atoms with E-state index in [1.807, 2.05) is 4.90 Å². The maximum atomic E-state index is 11.1. The number of rotatable bonds is 9. The van der Waals surface area contributed by atoms with E-state index in [2.05, 4.69) is 0 Å². The van der Waals surface area contributed by atoms with E-state index in [4.69, 9.17) is 9.84 Å². The van der Waals surface area contributed by atoms with Gasteiger partial charge in [-0.1, -0.05) is 0 Å². The highest BCUT2D eigenvalue weighted by molar-refractivity contribution is 5.73. The number of nitrogens with zero attached hydrogens (tertiary/aromatic N) is 2. The zero-order valence-corrected chi connectivity index (χ0v) is 12.5. The maximum absolute atomic E-state index is 11.1. The number of hydrogen-bond donors (Lipinski definition) is 1. The molecule has 1 aromatic carbocycles. The molecule has 7 nitrogen and oxygen atoms in total. The molecule has 2 rings (SSSR count). The number of nitro groups is 1. The molecule has 1 N–H and O–H groups in total. The van der Waals surface area contributed by atoms with Crippen LogP contribution in [0.25, 0.3) is 0 Å². The Balaban J connectivity index is 1.75. The van der Waals surface area contributed by atoms with Gasteiger partial charge in [0, 0.05) is 24.7 Å². The first-order valence-electron chi connectivity index (χ1n) is 7.35. The summed E-state index contributed by atoms with van der Waals surface area (Å²) in [5.41, 5.74) is 0.0301. The highest BCUT2D eigenvalue weighted by Crippen LogP contribution is 2.28. The van der Waals surface area contributed by atoms with Crippen LogP contribution in [0.2, 0.25) is 0 Å². The van der Waals surface area contributed by atoms with Gasteiger partial charge in [-0.05, 0) is 38.3 Å². The molecule has 22 heavy (non-hydrogen) atoms. The Morgan fingerprint density at radius 2 is 2.09 bits per heavy atom. The monoisotopic (exact) mass is 308 g/mol. The lowest BCUT2D eigenvalue weighted by Crippen LogP contribution is -2.41. The van der Waals surface area contributed by atoms with E-state index in [9.17, 15) is 14.9 Å². The Bertz CT molecular complexity index is 527. The molecule has 0 heterocycles. The van der Waals surface area contributed by atoms with E-state index in [0.29, 0.717) is 31.4 Å². The molecule has 0 spiro atoms. The van der Waals surface area contributed by atoms with Gasteiger partial charge in [-0.15, -0.1) is 0 Å². The van der Waals surface area contributed by atoms with E-state index >= 15 is 0 Å². The molecule has 0 radical (unpaired) electrons. The maximum Gasteiger partial charge on any atom is 0.320 e. The highest BCUT2D eigenvalue weighted by atomic mass is 16.6. The van der Waals surface area contributed by atoms with Crippen molar-refractivity contribution < 1.29 is 19.6 Å². The lowest BCUT2D eigenvalue weighted by atomic mass is 10.2. The fourth-order valence-corrected chi connectivity index (χ4v) is 2.34. The molecule has 1 fully saturated rings. The summed E-state index contributed by atoms with van der Waals surface area (Å²) in [5.74, 6) is -0.224. The van der Waals surface area contributed by atoms with E-state index < -0.39 is 16.9 Å². The molecule has 0 saturated heterocycles. The molecule has 0 aliphatic heterocycles. The lowest BCUT2D eigenvalue weighted by molar-refractivity contribution is -0.384. The van der Waals surface area contributed by atoms with Gasteiger partial charge in [0.25, 0.3) is 5.69 Å². The van der Waals surface area contributed by atoms with Crippen LogP contribution < -0.4 is 4.74 Å². The minimum Gasteiger partial charge on any atom is -0.494 e. The van der Waals surface area contributed by atoms with Crippen LogP contribution in [-0.2, 0) is 4.79 Å². The van der Waals surface area contributed by atoms with Gasteiger partial charge in [0.05, 0.1) is 11.5 Å². The van der Waals surface area contributed by atoms with Crippen molar-refractivity contribution in [1.82, 2.24) is 4.90 Å². The van der Waals surface area contributed by atoms with E-state index in [1.165, 1.54) is 12.1 Å². The number of carboxylic acids is 1. The number of carbonyl (C=O) groups is 1. The van der Waals surface area contributed by atoms with Crippen LogP contribution in [0, 0.1) is 10.1 Å². The fourth-order valence-electron chi connectivity index (χ4n) is 2.34. The molecule has 120 valence electrons. The Kier molecular flexibility index (Phi) is 5.32.